The number of rotatable bonds is 1. The molecule has 0 aromatic heterocycles. The zero-order chi connectivity index (χ0) is 10.2. The molecule has 0 saturated heterocycles. The lowest BCUT2D eigenvalue weighted by Crippen LogP contribution is -2.00. The fourth-order valence-corrected chi connectivity index (χ4v) is 1.77. The van der Waals surface area contributed by atoms with Gasteiger partial charge in [0.15, 0.2) is 16.5 Å². The van der Waals surface area contributed by atoms with E-state index in [1.165, 1.54) is 0 Å². The van der Waals surface area contributed by atoms with Gasteiger partial charge >= 0.3 is 10.2 Å². The summed E-state index contributed by atoms with van der Waals surface area (Å²) in [5.74, 6) is -3.28. The topological polar surface area (TPSA) is 34.1 Å². The van der Waals surface area contributed by atoms with Crippen LogP contribution >= 0.6 is 11.6 Å². The molecule has 0 bridgehead atoms. The Hall–Kier alpha value is -0.750. The van der Waals surface area contributed by atoms with Gasteiger partial charge in [-0.3, -0.25) is 0 Å². The standard InChI is InChI=1S/C6H2ClF3O2S/c7-3-1-2-4(8)5(9)6(3)13(10,11)12/h1-2H. The number of halogens is 4. The van der Waals surface area contributed by atoms with E-state index in [2.05, 4.69) is 0 Å². The first-order valence-electron chi connectivity index (χ1n) is 2.92. The fraction of sp³-hybridized carbons (Fsp3) is 0. The van der Waals surface area contributed by atoms with Gasteiger partial charge < -0.3 is 0 Å². The second-order valence-corrected chi connectivity index (χ2v) is 3.80. The van der Waals surface area contributed by atoms with Crippen molar-refractivity contribution in [3.63, 3.8) is 0 Å². The molecule has 0 radical (unpaired) electrons. The van der Waals surface area contributed by atoms with Gasteiger partial charge in [-0.2, -0.15) is 8.42 Å². The van der Waals surface area contributed by atoms with E-state index in [0.29, 0.717) is 6.07 Å². The molecule has 0 spiro atoms. The molecule has 1 aromatic carbocycles. The van der Waals surface area contributed by atoms with E-state index in [1.807, 2.05) is 0 Å². The van der Waals surface area contributed by atoms with Crippen molar-refractivity contribution in [2.45, 2.75) is 4.90 Å². The van der Waals surface area contributed by atoms with E-state index < -0.39 is 31.8 Å². The Bertz CT molecular complexity index is 443. The van der Waals surface area contributed by atoms with Crippen LogP contribution in [0.5, 0.6) is 0 Å². The molecule has 0 fully saturated rings. The Morgan fingerprint density at radius 3 is 2.15 bits per heavy atom. The highest BCUT2D eigenvalue weighted by atomic mass is 35.5. The molecular weight excluding hydrogens is 229 g/mol. The average molecular weight is 231 g/mol. The highest BCUT2D eigenvalue weighted by molar-refractivity contribution is 7.86. The summed E-state index contributed by atoms with van der Waals surface area (Å²) in [5.41, 5.74) is 0. The molecule has 7 heteroatoms. The highest BCUT2D eigenvalue weighted by Gasteiger charge is 2.24. The largest absolute Gasteiger partial charge is 0.336 e. The maximum absolute atomic E-state index is 12.7. The molecule has 0 unspecified atom stereocenters. The Morgan fingerprint density at radius 2 is 1.77 bits per heavy atom. The molecule has 0 amide bonds. The summed E-state index contributed by atoms with van der Waals surface area (Å²) >= 11 is 5.16. The van der Waals surface area contributed by atoms with E-state index >= 15 is 0 Å². The van der Waals surface area contributed by atoms with Crippen LogP contribution in [-0.4, -0.2) is 8.42 Å². The molecule has 0 saturated carbocycles. The van der Waals surface area contributed by atoms with Crippen LogP contribution in [-0.2, 0) is 10.2 Å². The maximum atomic E-state index is 12.7. The van der Waals surface area contributed by atoms with E-state index in [-0.39, 0.29) is 0 Å². The number of benzene rings is 1. The minimum atomic E-state index is -5.33. The van der Waals surface area contributed by atoms with Crippen LogP contribution in [0.4, 0.5) is 12.7 Å². The number of hydrogen-bond donors (Lipinski definition) is 0. The first-order chi connectivity index (χ1) is 5.84. The Kier molecular flexibility index (Phi) is 2.53. The second kappa shape index (κ2) is 3.19. The van der Waals surface area contributed by atoms with Crippen molar-refractivity contribution in [2.24, 2.45) is 0 Å². The molecule has 0 aliphatic carbocycles. The molecule has 0 atom stereocenters. The Morgan fingerprint density at radius 1 is 1.23 bits per heavy atom. The van der Waals surface area contributed by atoms with Crippen molar-refractivity contribution in [2.75, 3.05) is 0 Å². The van der Waals surface area contributed by atoms with Gasteiger partial charge in [-0.25, -0.2) is 8.78 Å². The summed E-state index contributed by atoms with van der Waals surface area (Å²) in [6.07, 6.45) is 0. The lowest BCUT2D eigenvalue weighted by Gasteiger charge is -2.00. The predicted molar refractivity (Wildman–Crippen MR) is 39.7 cm³/mol. The smallest absolute Gasteiger partial charge is 0.204 e. The summed E-state index contributed by atoms with van der Waals surface area (Å²) in [5, 5.41) is -0.693. The molecule has 72 valence electrons. The molecule has 0 aliphatic heterocycles. The van der Waals surface area contributed by atoms with Gasteiger partial charge in [0, 0.05) is 0 Å². The van der Waals surface area contributed by atoms with Gasteiger partial charge in [0.2, 0.25) is 0 Å². The van der Waals surface area contributed by atoms with E-state index in [9.17, 15) is 21.1 Å². The lowest BCUT2D eigenvalue weighted by atomic mass is 10.3. The molecule has 1 rings (SSSR count). The predicted octanol–water partition coefficient (Wildman–Crippen LogP) is 2.28. The Labute approximate surface area is 77.2 Å². The first-order valence-corrected chi connectivity index (χ1v) is 4.68. The summed E-state index contributed by atoms with van der Waals surface area (Å²) in [4.78, 5) is -1.46. The average Bonchev–Trinajstić information content (AvgIpc) is 1.95. The minimum Gasteiger partial charge on any atom is -0.204 e. The van der Waals surface area contributed by atoms with Crippen LogP contribution in [0.1, 0.15) is 0 Å². The molecule has 0 aliphatic rings. The van der Waals surface area contributed by atoms with Crippen molar-refractivity contribution >= 4 is 21.8 Å². The van der Waals surface area contributed by atoms with Crippen molar-refractivity contribution in [3.05, 3.63) is 28.8 Å². The van der Waals surface area contributed by atoms with Crippen LogP contribution < -0.4 is 0 Å². The second-order valence-electron chi connectivity index (χ2n) is 2.11. The number of hydrogen-bond acceptors (Lipinski definition) is 2. The van der Waals surface area contributed by atoms with Crippen molar-refractivity contribution in [3.8, 4) is 0 Å². The van der Waals surface area contributed by atoms with Gasteiger partial charge in [0.25, 0.3) is 0 Å². The minimum absolute atomic E-state index is 0.604. The lowest BCUT2D eigenvalue weighted by molar-refractivity contribution is 0.478. The van der Waals surface area contributed by atoms with Crippen molar-refractivity contribution in [1.82, 2.24) is 0 Å². The normalized spacial score (nSPS) is 11.7. The zero-order valence-corrected chi connectivity index (χ0v) is 7.46. The van der Waals surface area contributed by atoms with Gasteiger partial charge in [-0.15, -0.1) is 3.89 Å². The fourth-order valence-electron chi connectivity index (χ4n) is 0.732. The molecule has 0 N–H and O–H groups in total. The van der Waals surface area contributed by atoms with Crippen molar-refractivity contribution < 1.29 is 21.1 Å². The van der Waals surface area contributed by atoms with Gasteiger partial charge in [0.05, 0.1) is 5.02 Å². The maximum Gasteiger partial charge on any atom is 0.336 e. The van der Waals surface area contributed by atoms with Gasteiger partial charge in [-0.05, 0) is 12.1 Å². The van der Waals surface area contributed by atoms with Crippen LogP contribution in [0.2, 0.25) is 5.02 Å². The quantitative estimate of drug-likeness (QED) is 0.548. The molecule has 13 heavy (non-hydrogen) atoms. The molecule has 0 heterocycles. The van der Waals surface area contributed by atoms with Gasteiger partial charge in [0.1, 0.15) is 0 Å². The third-order valence-electron chi connectivity index (χ3n) is 1.25. The van der Waals surface area contributed by atoms with Crippen LogP contribution in [0.15, 0.2) is 17.0 Å². The highest BCUT2D eigenvalue weighted by Crippen LogP contribution is 2.27. The van der Waals surface area contributed by atoms with Crippen LogP contribution in [0.3, 0.4) is 0 Å². The SMILES string of the molecule is O=S(=O)(F)c1c(Cl)ccc(F)c1F. The van der Waals surface area contributed by atoms with E-state index in [0.717, 1.165) is 6.07 Å². The molecule has 2 nitrogen and oxygen atoms in total. The molecular formula is C6H2ClF3O2S. The van der Waals surface area contributed by atoms with E-state index in [4.69, 9.17) is 11.6 Å². The summed E-state index contributed by atoms with van der Waals surface area (Å²) < 4.78 is 57.9. The summed E-state index contributed by atoms with van der Waals surface area (Å²) in [6.45, 7) is 0. The summed E-state index contributed by atoms with van der Waals surface area (Å²) in [7, 11) is -5.33. The summed E-state index contributed by atoms with van der Waals surface area (Å²) in [6, 6.07) is 1.36. The van der Waals surface area contributed by atoms with Crippen molar-refractivity contribution in [1.29, 1.82) is 0 Å². The zero-order valence-electron chi connectivity index (χ0n) is 5.89. The molecule has 1 aromatic rings. The monoisotopic (exact) mass is 230 g/mol. The van der Waals surface area contributed by atoms with Crippen LogP contribution in [0, 0.1) is 11.6 Å². The Balaban J connectivity index is 3.62. The third kappa shape index (κ3) is 1.94. The van der Waals surface area contributed by atoms with Gasteiger partial charge in [-0.1, -0.05) is 11.6 Å². The first kappa shape index (κ1) is 10.3. The van der Waals surface area contributed by atoms with E-state index in [1.54, 1.807) is 0 Å². The third-order valence-corrected chi connectivity index (χ3v) is 2.56. The van der Waals surface area contributed by atoms with Crippen LogP contribution in [0.25, 0.3) is 0 Å².